The molecule has 0 spiro atoms. The van der Waals surface area contributed by atoms with Crippen molar-refractivity contribution in [3.63, 3.8) is 0 Å². The molecule has 0 bridgehead atoms. The molecule has 0 aliphatic rings. The molecule has 0 fully saturated rings. The van der Waals surface area contributed by atoms with Gasteiger partial charge in [-0.15, -0.1) is 10.2 Å². The number of hydrogen-bond acceptors (Lipinski definition) is 4. The van der Waals surface area contributed by atoms with Crippen LogP contribution in [-0.2, 0) is 0 Å². The van der Waals surface area contributed by atoms with E-state index in [9.17, 15) is 0 Å². The zero-order chi connectivity index (χ0) is 19.3. The molecule has 1 heterocycles. The molecular formula is C23H20BN3O. The first-order valence-electron chi connectivity index (χ1n) is 9.06. The molecule has 5 aromatic rings. The first-order valence-corrected chi connectivity index (χ1v) is 8.49. The average molecular weight is 366 g/mol. The summed E-state index contributed by atoms with van der Waals surface area (Å²) in [5, 5.41) is 18.9. The van der Waals surface area contributed by atoms with E-state index in [1.165, 1.54) is 0 Å². The molecule has 4 nitrogen and oxygen atoms in total. The second-order valence-corrected chi connectivity index (χ2v) is 5.97. The Labute approximate surface area is 166 Å². The fraction of sp³-hybridized carbons (Fsp3) is 0.0435. The Balaban J connectivity index is 0.000000568. The summed E-state index contributed by atoms with van der Waals surface area (Å²) in [5.41, 5.74) is 1.91. The fourth-order valence-electron chi connectivity index (χ4n) is 3.26. The first-order chi connectivity index (χ1) is 13.8. The molecule has 0 atom stereocenters. The quantitative estimate of drug-likeness (QED) is 0.390. The van der Waals surface area contributed by atoms with E-state index >= 15 is 0 Å². The summed E-state index contributed by atoms with van der Waals surface area (Å²) in [6.45, 7) is 0. The number of fused-ring (bicyclic) bond motifs is 2. The molecule has 0 radical (unpaired) electrons. The van der Waals surface area contributed by atoms with Crippen LogP contribution in [-0.4, -0.2) is 19.1 Å². The van der Waals surface area contributed by atoms with Crippen LogP contribution >= 0.6 is 0 Å². The molecule has 1 N–H and O–H groups in total. The number of aromatic nitrogens is 2. The molecular weight excluding hydrogens is 345 g/mol. The van der Waals surface area contributed by atoms with E-state index in [4.69, 9.17) is 11.1 Å². The SMILES string of the molecule is C.[2H]B=N.c1ccc2c(-c3nnc(-c4cccc5ccccc45)o3)cccc2c1. The molecule has 4 aromatic carbocycles. The molecule has 0 saturated heterocycles. The summed E-state index contributed by atoms with van der Waals surface area (Å²) in [6, 6.07) is 28.6. The first kappa shape index (κ1) is 17.8. The monoisotopic (exact) mass is 366 g/mol. The van der Waals surface area contributed by atoms with Gasteiger partial charge in [-0.05, 0) is 33.7 Å². The predicted molar refractivity (Wildman–Crippen MR) is 117 cm³/mol. The van der Waals surface area contributed by atoms with Crippen molar-refractivity contribution in [1.82, 2.24) is 10.2 Å². The average Bonchev–Trinajstić information content (AvgIpc) is 3.23. The molecule has 0 unspecified atom stereocenters. The number of nitrogens with zero attached hydrogens (tertiary/aromatic N) is 2. The summed E-state index contributed by atoms with van der Waals surface area (Å²) in [6.07, 6.45) is 0. The van der Waals surface area contributed by atoms with Gasteiger partial charge < -0.3 is 4.42 Å². The van der Waals surface area contributed by atoms with Crippen LogP contribution in [0.15, 0.2) is 89.3 Å². The normalized spacial score (nSPS) is 10.4. The van der Waals surface area contributed by atoms with Gasteiger partial charge in [0.1, 0.15) is 0 Å². The van der Waals surface area contributed by atoms with Gasteiger partial charge in [0.15, 0.2) is 0 Å². The minimum absolute atomic E-state index is 0. The zero-order valence-electron chi connectivity index (χ0n) is 15.5. The van der Waals surface area contributed by atoms with Crippen LogP contribution in [0, 0.1) is 5.31 Å². The second-order valence-electron chi connectivity index (χ2n) is 5.97. The molecule has 1 aromatic heterocycles. The Morgan fingerprint density at radius 3 is 1.54 bits per heavy atom. The third-order valence-electron chi connectivity index (χ3n) is 4.47. The topological polar surface area (TPSA) is 62.8 Å². The van der Waals surface area contributed by atoms with Gasteiger partial charge >= 0.3 is 14.3 Å². The van der Waals surface area contributed by atoms with E-state index in [0.717, 1.165) is 32.7 Å². The summed E-state index contributed by atoms with van der Waals surface area (Å²) >= 11 is 0. The van der Waals surface area contributed by atoms with Gasteiger partial charge in [-0.2, -0.15) is 0 Å². The Morgan fingerprint density at radius 1 is 0.679 bits per heavy atom. The van der Waals surface area contributed by atoms with E-state index in [1.54, 1.807) is 0 Å². The van der Waals surface area contributed by atoms with Crippen molar-refractivity contribution < 1.29 is 4.42 Å². The maximum absolute atomic E-state index is 6.05. The molecule has 0 aliphatic carbocycles. The van der Waals surface area contributed by atoms with E-state index in [1.807, 2.05) is 48.5 Å². The van der Waals surface area contributed by atoms with E-state index in [2.05, 4.69) is 46.6 Å². The predicted octanol–water partition coefficient (Wildman–Crippen LogP) is 6.00. The summed E-state index contributed by atoms with van der Waals surface area (Å²) in [5.74, 6) is 1.08. The molecule has 5 rings (SSSR count). The molecule has 0 amide bonds. The van der Waals surface area contributed by atoms with Crippen molar-refractivity contribution in [2.45, 2.75) is 7.43 Å². The maximum atomic E-state index is 6.05. The third kappa shape index (κ3) is 3.34. The second kappa shape index (κ2) is 8.40. The molecule has 0 aliphatic heterocycles. The van der Waals surface area contributed by atoms with Crippen LogP contribution in [0.1, 0.15) is 7.43 Å². The van der Waals surface area contributed by atoms with Crippen molar-refractivity contribution in [3.8, 4) is 22.9 Å². The van der Waals surface area contributed by atoms with Gasteiger partial charge in [-0.1, -0.05) is 80.2 Å². The number of nitrogens with one attached hydrogen (secondary N) is 1. The van der Waals surface area contributed by atoms with Gasteiger partial charge in [-0.3, -0.25) is 0 Å². The number of hydrogen-bond donors (Lipinski definition) is 1. The van der Waals surface area contributed by atoms with E-state index in [0.29, 0.717) is 19.4 Å². The Kier molecular flexibility index (Phi) is 5.34. The number of rotatable bonds is 2. The molecule has 136 valence electrons. The summed E-state index contributed by atoms with van der Waals surface area (Å²) < 4.78 is 11.8. The van der Waals surface area contributed by atoms with Crippen molar-refractivity contribution in [3.05, 3.63) is 84.9 Å². The van der Waals surface area contributed by atoms with Crippen molar-refractivity contribution in [1.29, 1.82) is 6.65 Å². The third-order valence-corrected chi connectivity index (χ3v) is 4.47. The Morgan fingerprint density at radius 2 is 1.07 bits per heavy atom. The largest absolute Gasteiger partial charge is 0.416 e. The van der Waals surface area contributed by atoms with Gasteiger partial charge in [0.05, 0.1) is 0 Å². The maximum Gasteiger partial charge on any atom is 0.248 e. The van der Waals surface area contributed by atoms with Crippen LogP contribution in [0.5, 0.6) is 0 Å². The van der Waals surface area contributed by atoms with Crippen molar-refractivity contribution >= 4 is 29.1 Å². The van der Waals surface area contributed by atoms with Crippen LogP contribution in [0.3, 0.4) is 0 Å². The standard InChI is InChI=1S/C22H14N2O.CH4.BH2N/c1-3-11-17-15(7-1)9-5-13-19(17)21-23-24-22(25-21)20-14-6-10-16-8-2-4-12-18(16)20;;1-2/h1-14H;1H4;1-2H/i;;1D. The smallest absolute Gasteiger partial charge is 0.248 e. The molecule has 28 heavy (non-hydrogen) atoms. The summed E-state index contributed by atoms with van der Waals surface area (Å²) in [7, 11) is 0.500. The Bertz CT molecular complexity index is 1160. The van der Waals surface area contributed by atoms with Crippen molar-refractivity contribution in [2.24, 2.45) is 0 Å². The van der Waals surface area contributed by atoms with Crippen LogP contribution in [0.25, 0.3) is 44.5 Å². The van der Waals surface area contributed by atoms with Gasteiger partial charge in [0.2, 0.25) is 11.8 Å². The summed E-state index contributed by atoms with van der Waals surface area (Å²) in [4.78, 5) is 0. The van der Waals surface area contributed by atoms with Gasteiger partial charge in [0, 0.05) is 11.1 Å². The van der Waals surface area contributed by atoms with E-state index in [-0.39, 0.29) is 7.43 Å². The molecule has 5 heteroatoms. The van der Waals surface area contributed by atoms with Gasteiger partial charge in [-0.25, -0.2) is 0 Å². The van der Waals surface area contributed by atoms with Gasteiger partial charge in [0.25, 0.3) is 0 Å². The Hall–Kier alpha value is -3.60. The number of benzene rings is 4. The minimum Gasteiger partial charge on any atom is -0.416 e. The van der Waals surface area contributed by atoms with Crippen LogP contribution in [0.4, 0.5) is 0 Å². The molecule has 0 saturated carbocycles. The van der Waals surface area contributed by atoms with Crippen LogP contribution < -0.4 is 0 Å². The van der Waals surface area contributed by atoms with E-state index < -0.39 is 0 Å². The fourth-order valence-corrected chi connectivity index (χ4v) is 3.26. The zero-order valence-corrected chi connectivity index (χ0v) is 14.5. The van der Waals surface area contributed by atoms with Crippen LogP contribution in [0.2, 0.25) is 0 Å². The van der Waals surface area contributed by atoms with Crippen molar-refractivity contribution in [2.75, 3.05) is 0 Å². The minimum atomic E-state index is 0.